The predicted octanol–water partition coefficient (Wildman–Crippen LogP) is 2.86. The molecule has 0 aliphatic heterocycles. The summed E-state index contributed by atoms with van der Waals surface area (Å²) in [6.45, 7) is 1.88. The molecule has 1 unspecified atom stereocenters. The van der Waals surface area contributed by atoms with Crippen molar-refractivity contribution in [3.05, 3.63) is 34.3 Å². The minimum absolute atomic E-state index is 0.0701. The van der Waals surface area contributed by atoms with Crippen LogP contribution in [0.25, 0.3) is 0 Å². The summed E-state index contributed by atoms with van der Waals surface area (Å²) in [4.78, 5) is 0. The predicted molar refractivity (Wildman–Crippen MR) is 56.7 cm³/mol. The number of hydrogen-bond donors (Lipinski definition) is 1. The zero-order chi connectivity index (χ0) is 9.47. The van der Waals surface area contributed by atoms with E-state index in [0.717, 1.165) is 17.3 Å². The van der Waals surface area contributed by atoms with Crippen LogP contribution in [0.5, 0.6) is 0 Å². The lowest BCUT2D eigenvalue weighted by atomic mass is 9.91. The van der Waals surface area contributed by atoms with E-state index in [4.69, 9.17) is 0 Å². The highest BCUT2D eigenvalue weighted by Gasteiger charge is 2.48. The highest BCUT2D eigenvalue weighted by atomic mass is 79.9. The molecule has 1 aromatic rings. The van der Waals surface area contributed by atoms with Gasteiger partial charge in [-0.25, -0.2) is 0 Å². The van der Waals surface area contributed by atoms with E-state index in [1.54, 1.807) is 0 Å². The molecule has 0 radical (unpaired) electrons. The molecule has 1 N–H and O–H groups in total. The van der Waals surface area contributed by atoms with Gasteiger partial charge in [-0.3, -0.25) is 0 Å². The molecule has 1 fully saturated rings. The van der Waals surface area contributed by atoms with E-state index < -0.39 is 0 Å². The second kappa shape index (κ2) is 3.10. The molecule has 0 bridgehead atoms. The zero-order valence-electron chi connectivity index (χ0n) is 7.63. The summed E-state index contributed by atoms with van der Waals surface area (Å²) < 4.78 is 1.10. The number of benzene rings is 1. The SMILES string of the molecule is CC(O)C1(c2ccc(Br)cc2)CC1. The quantitative estimate of drug-likeness (QED) is 0.844. The largest absolute Gasteiger partial charge is 0.392 e. The van der Waals surface area contributed by atoms with Crippen LogP contribution in [-0.4, -0.2) is 11.2 Å². The lowest BCUT2D eigenvalue weighted by Crippen LogP contribution is -2.22. The molecule has 0 spiro atoms. The van der Waals surface area contributed by atoms with Gasteiger partial charge in [-0.1, -0.05) is 28.1 Å². The Morgan fingerprint density at radius 3 is 2.23 bits per heavy atom. The van der Waals surface area contributed by atoms with Crippen molar-refractivity contribution in [3.63, 3.8) is 0 Å². The van der Waals surface area contributed by atoms with Crippen molar-refractivity contribution in [2.45, 2.75) is 31.3 Å². The van der Waals surface area contributed by atoms with Crippen LogP contribution in [0.3, 0.4) is 0 Å². The van der Waals surface area contributed by atoms with Crippen molar-refractivity contribution < 1.29 is 5.11 Å². The Balaban J connectivity index is 2.31. The Labute approximate surface area is 86.9 Å². The molecule has 0 heterocycles. The third-order valence-electron chi connectivity index (χ3n) is 3.01. The van der Waals surface area contributed by atoms with Crippen molar-refractivity contribution >= 4 is 15.9 Å². The minimum Gasteiger partial charge on any atom is -0.392 e. The van der Waals surface area contributed by atoms with Crippen LogP contribution < -0.4 is 0 Å². The molecule has 0 saturated heterocycles. The van der Waals surface area contributed by atoms with Crippen molar-refractivity contribution in [1.82, 2.24) is 0 Å². The van der Waals surface area contributed by atoms with Gasteiger partial charge in [0.15, 0.2) is 0 Å². The number of hydrogen-bond acceptors (Lipinski definition) is 1. The summed E-state index contributed by atoms with van der Waals surface area (Å²) in [5.41, 5.74) is 1.34. The molecule has 0 amide bonds. The fourth-order valence-electron chi connectivity index (χ4n) is 1.86. The second-order valence-corrected chi connectivity index (χ2v) is 4.75. The average molecular weight is 241 g/mol. The Morgan fingerprint density at radius 2 is 1.85 bits per heavy atom. The van der Waals surface area contributed by atoms with Gasteiger partial charge in [0.1, 0.15) is 0 Å². The molecular weight excluding hydrogens is 228 g/mol. The molecule has 2 heteroatoms. The first-order chi connectivity index (χ1) is 6.15. The average Bonchev–Trinajstić information content (AvgIpc) is 2.86. The van der Waals surface area contributed by atoms with Crippen LogP contribution in [0.4, 0.5) is 0 Å². The maximum atomic E-state index is 9.65. The van der Waals surface area contributed by atoms with Crippen LogP contribution in [-0.2, 0) is 5.41 Å². The summed E-state index contributed by atoms with van der Waals surface area (Å²) in [5.74, 6) is 0. The smallest absolute Gasteiger partial charge is 0.0608 e. The molecule has 1 atom stereocenters. The van der Waals surface area contributed by atoms with Gasteiger partial charge < -0.3 is 5.11 Å². The summed E-state index contributed by atoms with van der Waals surface area (Å²) in [6, 6.07) is 8.28. The van der Waals surface area contributed by atoms with Gasteiger partial charge in [-0.05, 0) is 37.5 Å². The van der Waals surface area contributed by atoms with E-state index in [0.29, 0.717) is 0 Å². The third kappa shape index (κ3) is 1.53. The zero-order valence-corrected chi connectivity index (χ0v) is 9.21. The van der Waals surface area contributed by atoms with Crippen molar-refractivity contribution in [1.29, 1.82) is 0 Å². The first-order valence-corrected chi connectivity index (χ1v) is 5.38. The number of aliphatic hydroxyl groups excluding tert-OH is 1. The summed E-state index contributed by atoms with van der Waals surface area (Å²) in [5, 5.41) is 9.65. The second-order valence-electron chi connectivity index (χ2n) is 3.84. The fourth-order valence-corrected chi connectivity index (χ4v) is 2.13. The summed E-state index contributed by atoms with van der Waals surface area (Å²) in [6.07, 6.45) is 2.01. The highest BCUT2D eigenvalue weighted by molar-refractivity contribution is 9.10. The lowest BCUT2D eigenvalue weighted by molar-refractivity contribution is 0.150. The minimum atomic E-state index is -0.228. The maximum Gasteiger partial charge on any atom is 0.0608 e. The molecule has 70 valence electrons. The van der Waals surface area contributed by atoms with Gasteiger partial charge in [-0.15, -0.1) is 0 Å². The van der Waals surface area contributed by atoms with E-state index in [-0.39, 0.29) is 11.5 Å². The van der Waals surface area contributed by atoms with Crippen LogP contribution in [0.15, 0.2) is 28.7 Å². The summed E-state index contributed by atoms with van der Waals surface area (Å²) >= 11 is 3.41. The van der Waals surface area contributed by atoms with Gasteiger partial charge in [0.25, 0.3) is 0 Å². The van der Waals surface area contributed by atoms with Crippen molar-refractivity contribution in [2.75, 3.05) is 0 Å². The molecular formula is C11H13BrO. The Bertz CT molecular complexity index is 298. The molecule has 0 aromatic heterocycles. The van der Waals surface area contributed by atoms with Gasteiger partial charge in [-0.2, -0.15) is 0 Å². The number of aliphatic hydroxyl groups is 1. The lowest BCUT2D eigenvalue weighted by Gasteiger charge is -2.18. The molecule has 13 heavy (non-hydrogen) atoms. The molecule has 2 rings (SSSR count). The van der Waals surface area contributed by atoms with Gasteiger partial charge in [0, 0.05) is 9.89 Å². The van der Waals surface area contributed by atoms with E-state index in [2.05, 4.69) is 28.1 Å². The van der Waals surface area contributed by atoms with E-state index in [1.165, 1.54) is 5.56 Å². The number of rotatable bonds is 2. The third-order valence-corrected chi connectivity index (χ3v) is 3.54. The Kier molecular flexibility index (Phi) is 2.20. The molecule has 1 nitrogen and oxygen atoms in total. The Morgan fingerprint density at radius 1 is 1.31 bits per heavy atom. The molecule has 1 aliphatic carbocycles. The first kappa shape index (κ1) is 9.22. The Hall–Kier alpha value is -0.340. The van der Waals surface area contributed by atoms with Crippen molar-refractivity contribution in [3.8, 4) is 0 Å². The standard InChI is InChI=1S/C11H13BrO/c1-8(13)11(6-7-11)9-2-4-10(12)5-3-9/h2-5,8,13H,6-7H2,1H3. The normalized spacial score (nSPS) is 21.2. The first-order valence-electron chi connectivity index (χ1n) is 4.59. The van der Waals surface area contributed by atoms with E-state index in [9.17, 15) is 5.11 Å². The van der Waals surface area contributed by atoms with E-state index >= 15 is 0 Å². The van der Waals surface area contributed by atoms with Crippen LogP contribution >= 0.6 is 15.9 Å². The van der Waals surface area contributed by atoms with Gasteiger partial charge in [0.2, 0.25) is 0 Å². The van der Waals surface area contributed by atoms with Gasteiger partial charge in [0.05, 0.1) is 6.10 Å². The van der Waals surface area contributed by atoms with Crippen molar-refractivity contribution in [2.24, 2.45) is 0 Å². The van der Waals surface area contributed by atoms with Gasteiger partial charge >= 0.3 is 0 Å². The number of halogens is 1. The summed E-state index contributed by atoms with van der Waals surface area (Å²) in [7, 11) is 0. The van der Waals surface area contributed by atoms with Crippen LogP contribution in [0.1, 0.15) is 25.3 Å². The van der Waals surface area contributed by atoms with Crippen LogP contribution in [0.2, 0.25) is 0 Å². The van der Waals surface area contributed by atoms with Crippen LogP contribution in [0, 0.1) is 0 Å². The maximum absolute atomic E-state index is 9.65. The van der Waals surface area contributed by atoms with E-state index in [1.807, 2.05) is 19.1 Å². The molecule has 1 aliphatic rings. The monoisotopic (exact) mass is 240 g/mol. The molecule has 1 saturated carbocycles. The topological polar surface area (TPSA) is 20.2 Å². The molecule has 1 aromatic carbocycles. The fraction of sp³-hybridized carbons (Fsp3) is 0.455. The highest BCUT2D eigenvalue weighted by Crippen LogP contribution is 2.50.